The molecule has 0 amide bonds. The number of pyridine rings is 1. The molecular weight excluding hydrogens is 392 g/mol. The molecule has 1 aromatic carbocycles. The number of nitrogens with zero attached hydrogens (tertiary/aromatic N) is 3. The molecule has 0 radical (unpaired) electrons. The Bertz CT molecular complexity index is 1030. The van der Waals surface area contributed by atoms with Gasteiger partial charge in [-0.3, -0.25) is 4.98 Å². The monoisotopic (exact) mass is 418 g/mol. The number of ether oxygens (including phenoxy) is 1. The molecule has 6 heteroatoms. The van der Waals surface area contributed by atoms with Crippen molar-refractivity contribution in [1.29, 1.82) is 0 Å². The van der Waals surface area contributed by atoms with E-state index in [1.165, 1.54) is 31.2 Å². The van der Waals surface area contributed by atoms with E-state index >= 15 is 0 Å². The lowest BCUT2D eigenvalue weighted by atomic mass is 9.98. The molecule has 1 saturated carbocycles. The standard InChI is InChI=1S/C24H26N4OS/c1-29-20-10-6-9-19(15-20)28-23(17-12-14-27(16-17)18-7-2-3-8-18)22(26-24(28)30)21-11-4-5-13-25-21/h4-6,9-16,18,22-23H,2-3,7-8H2,1H3,(H,26,30)/t22-,23-/m0/s1. The third-order valence-corrected chi connectivity index (χ3v) is 6.57. The van der Waals surface area contributed by atoms with Gasteiger partial charge >= 0.3 is 0 Å². The summed E-state index contributed by atoms with van der Waals surface area (Å²) < 4.78 is 7.86. The van der Waals surface area contributed by atoms with E-state index in [0.29, 0.717) is 11.2 Å². The summed E-state index contributed by atoms with van der Waals surface area (Å²) in [5, 5.41) is 4.23. The number of aromatic nitrogens is 2. The van der Waals surface area contributed by atoms with E-state index in [4.69, 9.17) is 17.0 Å². The third-order valence-electron chi connectivity index (χ3n) is 6.25. The smallest absolute Gasteiger partial charge is 0.174 e. The van der Waals surface area contributed by atoms with Crippen molar-refractivity contribution in [3.8, 4) is 5.75 Å². The third kappa shape index (κ3) is 3.45. The van der Waals surface area contributed by atoms with Gasteiger partial charge in [0.2, 0.25) is 0 Å². The molecule has 2 atom stereocenters. The SMILES string of the molecule is COc1cccc(N2C(=S)N[C@@H](c3ccccn3)[C@@H]2c2ccn(C3CCCC3)c2)c1. The maximum Gasteiger partial charge on any atom is 0.174 e. The highest BCUT2D eigenvalue weighted by atomic mass is 32.1. The van der Waals surface area contributed by atoms with Crippen LogP contribution in [0.5, 0.6) is 5.75 Å². The molecule has 3 aromatic rings. The first-order valence-corrected chi connectivity index (χ1v) is 11.0. The van der Waals surface area contributed by atoms with Gasteiger partial charge in [-0.1, -0.05) is 25.0 Å². The van der Waals surface area contributed by atoms with Crippen LogP contribution in [0.2, 0.25) is 0 Å². The zero-order valence-corrected chi connectivity index (χ0v) is 17.9. The van der Waals surface area contributed by atoms with Gasteiger partial charge in [0, 0.05) is 36.4 Å². The Balaban J connectivity index is 1.57. The Kier molecular flexibility index (Phi) is 5.17. The predicted octanol–water partition coefficient (Wildman–Crippen LogP) is 5.18. The molecule has 1 N–H and O–H groups in total. The quantitative estimate of drug-likeness (QED) is 0.578. The average molecular weight is 419 g/mol. The summed E-state index contributed by atoms with van der Waals surface area (Å²) in [5.74, 6) is 0.818. The minimum atomic E-state index is -0.0238. The Morgan fingerprint density at radius 2 is 1.97 bits per heavy atom. The lowest BCUT2D eigenvalue weighted by Gasteiger charge is -2.27. The summed E-state index contributed by atoms with van der Waals surface area (Å²) in [6, 6.07) is 17.0. The normalized spacial score (nSPS) is 21.8. The van der Waals surface area contributed by atoms with Crippen molar-refractivity contribution in [1.82, 2.24) is 14.9 Å². The lowest BCUT2D eigenvalue weighted by Crippen LogP contribution is -2.29. The molecule has 2 aromatic heterocycles. The van der Waals surface area contributed by atoms with E-state index in [-0.39, 0.29) is 12.1 Å². The molecule has 5 rings (SSSR count). The number of rotatable bonds is 5. The van der Waals surface area contributed by atoms with Crippen LogP contribution >= 0.6 is 12.2 Å². The molecule has 0 spiro atoms. The first kappa shape index (κ1) is 19.1. The van der Waals surface area contributed by atoms with Gasteiger partial charge in [0.1, 0.15) is 5.75 Å². The van der Waals surface area contributed by atoms with Crippen molar-refractivity contribution in [3.05, 3.63) is 78.4 Å². The molecule has 1 aliphatic carbocycles. The van der Waals surface area contributed by atoms with Crippen molar-refractivity contribution in [2.24, 2.45) is 0 Å². The largest absolute Gasteiger partial charge is 0.497 e. The van der Waals surface area contributed by atoms with Crippen LogP contribution in [0.25, 0.3) is 0 Å². The summed E-state index contributed by atoms with van der Waals surface area (Å²) in [6.45, 7) is 0. The fourth-order valence-corrected chi connectivity index (χ4v) is 5.11. The summed E-state index contributed by atoms with van der Waals surface area (Å²) in [6.07, 6.45) is 11.5. The number of anilines is 1. The van der Waals surface area contributed by atoms with Gasteiger partial charge in [-0.15, -0.1) is 0 Å². The fraction of sp³-hybridized carbons (Fsp3) is 0.333. The maximum absolute atomic E-state index is 5.81. The van der Waals surface area contributed by atoms with Crippen LogP contribution in [-0.4, -0.2) is 21.8 Å². The summed E-state index contributed by atoms with van der Waals surface area (Å²) >= 11 is 5.81. The van der Waals surface area contributed by atoms with E-state index in [1.54, 1.807) is 7.11 Å². The van der Waals surface area contributed by atoms with E-state index in [9.17, 15) is 0 Å². The van der Waals surface area contributed by atoms with Crippen molar-refractivity contribution in [3.63, 3.8) is 0 Å². The molecule has 154 valence electrons. The topological polar surface area (TPSA) is 42.3 Å². The molecule has 1 aliphatic heterocycles. The van der Waals surface area contributed by atoms with Crippen molar-refractivity contribution >= 4 is 23.0 Å². The maximum atomic E-state index is 5.81. The van der Waals surface area contributed by atoms with E-state index in [2.05, 4.69) is 50.4 Å². The second kappa shape index (κ2) is 8.11. The van der Waals surface area contributed by atoms with Gasteiger partial charge in [-0.05, 0) is 61.0 Å². The molecule has 30 heavy (non-hydrogen) atoms. The zero-order chi connectivity index (χ0) is 20.5. The van der Waals surface area contributed by atoms with Gasteiger partial charge in [-0.25, -0.2) is 0 Å². The molecule has 0 bridgehead atoms. The molecule has 0 unspecified atom stereocenters. The highest BCUT2D eigenvalue weighted by Gasteiger charge is 2.41. The van der Waals surface area contributed by atoms with Gasteiger partial charge in [0.25, 0.3) is 0 Å². The molecule has 2 aliphatic rings. The van der Waals surface area contributed by atoms with E-state index < -0.39 is 0 Å². The Morgan fingerprint density at radius 3 is 2.73 bits per heavy atom. The van der Waals surface area contributed by atoms with Crippen LogP contribution in [0.4, 0.5) is 5.69 Å². The molecule has 1 saturated heterocycles. The summed E-state index contributed by atoms with van der Waals surface area (Å²) in [7, 11) is 1.69. The van der Waals surface area contributed by atoms with Gasteiger partial charge < -0.3 is 19.5 Å². The first-order chi connectivity index (χ1) is 14.7. The molecule has 3 heterocycles. The number of hydrogen-bond donors (Lipinski definition) is 1. The van der Waals surface area contributed by atoms with Gasteiger partial charge in [-0.2, -0.15) is 0 Å². The van der Waals surface area contributed by atoms with Crippen LogP contribution in [-0.2, 0) is 0 Å². The summed E-state index contributed by atoms with van der Waals surface area (Å²) in [5.41, 5.74) is 3.25. The van der Waals surface area contributed by atoms with Crippen molar-refractivity contribution in [2.75, 3.05) is 12.0 Å². The zero-order valence-electron chi connectivity index (χ0n) is 17.1. The van der Waals surface area contributed by atoms with Crippen LogP contribution in [0, 0.1) is 0 Å². The lowest BCUT2D eigenvalue weighted by molar-refractivity contribution is 0.415. The molecule has 5 nitrogen and oxygen atoms in total. The number of methoxy groups -OCH3 is 1. The van der Waals surface area contributed by atoms with Crippen molar-refractivity contribution in [2.45, 2.75) is 43.8 Å². The van der Waals surface area contributed by atoms with Crippen LogP contribution in [0.15, 0.2) is 67.1 Å². The van der Waals surface area contributed by atoms with E-state index in [1.807, 2.05) is 36.5 Å². The predicted molar refractivity (Wildman–Crippen MR) is 123 cm³/mol. The molecule has 2 fully saturated rings. The van der Waals surface area contributed by atoms with Gasteiger partial charge in [0.15, 0.2) is 5.11 Å². The number of thiocarbonyl (C=S) groups is 1. The highest BCUT2D eigenvalue weighted by molar-refractivity contribution is 7.80. The first-order valence-electron chi connectivity index (χ1n) is 10.6. The number of benzene rings is 1. The average Bonchev–Trinajstić information content (AvgIpc) is 3.53. The number of hydrogen-bond acceptors (Lipinski definition) is 3. The minimum Gasteiger partial charge on any atom is -0.497 e. The van der Waals surface area contributed by atoms with E-state index in [0.717, 1.165) is 17.1 Å². The number of nitrogens with one attached hydrogen (secondary N) is 1. The highest BCUT2D eigenvalue weighted by Crippen LogP contribution is 2.43. The minimum absolute atomic E-state index is 0.0159. The second-order valence-electron chi connectivity index (χ2n) is 8.03. The van der Waals surface area contributed by atoms with Crippen LogP contribution in [0.3, 0.4) is 0 Å². The Labute approximate surface area is 182 Å². The second-order valence-corrected chi connectivity index (χ2v) is 8.42. The Hall–Kier alpha value is -2.86. The van der Waals surface area contributed by atoms with Gasteiger partial charge in [0.05, 0.1) is 24.9 Å². The fourth-order valence-electron chi connectivity index (χ4n) is 4.77. The summed E-state index contributed by atoms with van der Waals surface area (Å²) in [4.78, 5) is 6.84. The van der Waals surface area contributed by atoms with Crippen LogP contribution in [0.1, 0.15) is 55.1 Å². The Morgan fingerprint density at radius 1 is 1.10 bits per heavy atom. The van der Waals surface area contributed by atoms with Crippen LogP contribution < -0.4 is 15.0 Å². The molecular formula is C24H26N4OS. The van der Waals surface area contributed by atoms with Crippen molar-refractivity contribution < 1.29 is 4.74 Å².